The number of halogens is 1. The Morgan fingerprint density at radius 2 is 2.38 bits per heavy atom. The molecule has 86 valence electrons. The van der Waals surface area contributed by atoms with Gasteiger partial charge in [0.05, 0.1) is 10.6 Å². The van der Waals surface area contributed by atoms with Crippen LogP contribution < -0.4 is 5.32 Å². The van der Waals surface area contributed by atoms with Crippen molar-refractivity contribution in [3.8, 4) is 10.6 Å². The smallest absolute Gasteiger partial charge is 0.110 e. The molecule has 1 N–H and O–H groups in total. The molecule has 0 aliphatic carbocycles. The zero-order chi connectivity index (χ0) is 11.5. The van der Waals surface area contributed by atoms with Crippen molar-refractivity contribution in [3.05, 3.63) is 27.9 Å². The van der Waals surface area contributed by atoms with Crippen LogP contribution in [-0.2, 0) is 13.5 Å². The third-order valence-electron chi connectivity index (χ3n) is 2.39. The fourth-order valence-corrected chi connectivity index (χ4v) is 2.92. The first-order valence-electron chi connectivity index (χ1n) is 5.12. The highest BCUT2D eigenvalue weighted by atomic mass is 79.9. The molecule has 5 heteroatoms. The molecular weight excluding hydrogens is 286 g/mol. The summed E-state index contributed by atoms with van der Waals surface area (Å²) in [6.07, 6.45) is 3.04. The number of hydrogen-bond donors (Lipinski definition) is 1. The lowest BCUT2D eigenvalue weighted by Gasteiger charge is -1.99. The summed E-state index contributed by atoms with van der Waals surface area (Å²) in [5.74, 6) is 1.12. The second-order valence-electron chi connectivity index (χ2n) is 3.64. The van der Waals surface area contributed by atoms with E-state index in [9.17, 15) is 0 Å². The Kier molecular flexibility index (Phi) is 3.78. The normalized spacial score (nSPS) is 10.9. The number of imidazole rings is 1. The molecule has 0 saturated carbocycles. The second kappa shape index (κ2) is 5.12. The van der Waals surface area contributed by atoms with Crippen molar-refractivity contribution in [2.24, 2.45) is 7.05 Å². The molecule has 16 heavy (non-hydrogen) atoms. The van der Waals surface area contributed by atoms with Gasteiger partial charge in [0.25, 0.3) is 0 Å². The average molecular weight is 300 g/mol. The quantitative estimate of drug-likeness (QED) is 0.941. The molecule has 2 aromatic rings. The van der Waals surface area contributed by atoms with Gasteiger partial charge in [-0.1, -0.05) is 0 Å². The fraction of sp³-hybridized carbons (Fsp3) is 0.364. The minimum atomic E-state index is 0.957. The van der Waals surface area contributed by atoms with Crippen molar-refractivity contribution >= 4 is 27.3 Å². The third-order valence-corrected chi connectivity index (χ3v) is 4.10. The molecule has 0 aliphatic heterocycles. The van der Waals surface area contributed by atoms with E-state index in [1.807, 2.05) is 14.1 Å². The number of likely N-dealkylation sites (N-methyl/N-ethyl adjacent to an activating group) is 1. The minimum absolute atomic E-state index is 0.957. The van der Waals surface area contributed by atoms with E-state index in [2.05, 4.69) is 48.4 Å². The maximum absolute atomic E-state index is 4.64. The van der Waals surface area contributed by atoms with Crippen LogP contribution in [0.1, 0.15) is 5.82 Å². The van der Waals surface area contributed by atoms with Gasteiger partial charge in [-0.15, -0.1) is 11.3 Å². The minimum Gasteiger partial charge on any atom is -0.337 e. The van der Waals surface area contributed by atoms with E-state index >= 15 is 0 Å². The molecule has 3 nitrogen and oxygen atoms in total. The number of thiophene rings is 1. The molecule has 2 heterocycles. The highest BCUT2D eigenvalue weighted by Gasteiger charge is 2.08. The topological polar surface area (TPSA) is 29.9 Å². The van der Waals surface area contributed by atoms with Crippen molar-refractivity contribution < 1.29 is 0 Å². The molecule has 0 unspecified atom stereocenters. The van der Waals surface area contributed by atoms with Gasteiger partial charge in [-0.25, -0.2) is 4.98 Å². The van der Waals surface area contributed by atoms with Crippen molar-refractivity contribution in [2.45, 2.75) is 6.42 Å². The highest BCUT2D eigenvalue weighted by Crippen LogP contribution is 2.29. The summed E-state index contributed by atoms with van der Waals surface area (Å²) in [6.45, 7) is 0.957. The molecule has 0 saturated heterocycles. The van der Waals surface area contributed by atoms with E-state index in [1.165, 1.54) is 4.88 Å². The van der Waals surface area contributed by atoms with Crippen LogP contribution in [0, 0.1) is 0 Å². The average Bonchev–Trinajstić information content (AvgIpc) is 2.82. The Labute approximate surface area is 108 Å². The first-order valence-corrected chi connectivity index (χ1v) is 6.79. The van der Waals surface area contributed by atoms with Crippen molar-refractivity contribution in [3.63, 3.8) is 0 Å². The predicted molar refractivity (Wildman–Crippen MR) is 71.9 cm³/mol. The van der Waals surface area contributed by atoms with Crippen molar-refractivity contribution in [1.82, 2.24) is 14.9 Å². The summed E-state index contributed by atoms with van der Waals surface area (Å²) in [6, 6.07) is 2.11. The summed E-state index contributed by atoms with van der Waals surface area (Å²) in [4.78, 5) is 5.85. The van der Waals surface area contributed by atoms with Crippen molar-refractivity contribution in [1.29, 1.82) is 0 Å². The standard InChI is InChI=1S/C11H14BrN3S/c1-13-4-3-11-14-9(6-15(11)2)10-5-8(12)7-16-10/h5-7,13H,3-4H2,1-2H3. The Morgan fingerprint density at radius 3 is 3.00 bits per heavy atom. The maximum Gasteiger partial charge on any atom is 0.110 e. The van der Waals surface area contributed by atoms with Crippen LogP contribution in [0.5, 0.6) is 0 Å². The fourth-order valence-electron chi connectivity index (χ4n) is 1.54. The van der Waals surface area contributed by atoms with Gasteiger partial charge in [-0.05, 0) is 29.0 Å². The first kappa shape index (κ1) is 11.8. The van der Waals surface area contributed by atoms with Crippen LogP contribution in [0.3, 0.4) is 0 Å². The molecule has 0 amide bonds. The summed E-state index contributed by atoms with van der Waals surface area (Å²) >= 11 is 5.17. The lowest BCUT2D eigenvalue weighted by Crippen LogP contribution is -2.12. The lowest BCUT2D eigenvalue weighted by atomic mass is 10.4. The molecular formula is C11H14BrN3S. The second-order valence-corrected chi connectivity index (χ2v) is 5.46. The Bertz CT molecular complexity index is 475. The van der Waals surface area contributed by atoms with Crippen LogP contribution >= 0.6 is 27.3 Å². The molecule has 0 spiro atoms. The molecule has 0 bridgehead atoms. The largest absolute Gasteiger partial charge is 0.337 e. The molecule has 2 aromatic heterocycles. The zero-order valence-corrected chi connectivity index (χ0v) is 11.7. The number of rotatable bonds is 4. The van der Waals surface area contributed by atoms with E-state index in [-0.39, 0.29) is 0 Å². The summed E-state index contributed by atoms with van der Waals surface area (Å²) in [5, 5.41) is 5.22. The summed E-state index contributed by atoms with van der Waals surface area (Å²) in [5.41, 5.74) is 1.06. The Hall–Kier alpha value is -0.650. The van der Waals surface area contributed by atoms with E-state index in [1.54, 1.807) is 11.3 Å². The van der Waals surface area contributed by atoms with Crippen molar-refractivity contribution in [2.75, 3.05) is 13.6 Å². The van der Waals surface area contributed by atoms with E-state index < -0.39 is 0 Å². The van der Waals surface area contributed by atoms with Gasteiger partial charge in [0.1, 0.15) is 5.82 Å². The van der Waals surface area contributed by atoms with Gasteiger partial charge in [0.15, 0.2) is 0 Å². The summed E-state index contributed by atoms with van der Waals surface area (Å²) in [7, 11) is 4.00. The first-order chi connectivity index (χ1) is 7.70. The Morgan fingerprint density at radius 1 is 1.56 bits per heavy atom. The maximum atomic E-state index is 4.64. The number of aryl methyl sites for hydroxylation is 1. The lowest BCUT2D eigenvalue weighted by molar-refractivity contribution is 0.718. The monoisotopic (exact) mass is 299 g/mol. The molecule has 0 aromatic carbocycles. The van der Waals surface area contributed by atoms with Crippen LogP contribution in [0.4, 0.5) is 0 Å². The number of hydrogen-bond acceptors (Lipinski definition) is 3. The predicted octanol–water partition coefficient (Wildman–Crippen LogP) is 2.67. The van der Waals surface area contributed by atoms with E-state index in [0.717, 1.165) is 29.0 Å². The van der Waals surface area contributed by atoms with Gasteiger partial charge in [0, 0.05) is 36.1 Å². The van der Waals surface area contributed by atoms with Crippen LogP contribution in [0.25, 0.3) is 10.6 Å². The number of aromatic nitrogens is 2. The molecule has 2 rings (SSSR count). The molecule has 0 aliphatic rings. The SMILES string of the molecule is CNCCc1nc(-c2cc(Br)cs2)cn1C. The zero-order valence-electron chi connectivity index (χ0n) is 9.33. The Balaban J connectivity index is 2.23. The van der Waals surface area contributed by atoms with Gasteiger partial charge in [0.2, 0.25) is 0 Å². The van der Waals surface area contributed by atoms with Gasteiger partial charge < -0.3 is 9.88 Å². The van der Waals surface area contributed by atoms with Gasteiger partial charge in [-0.2, -0.15) is 0 Å². The highest BCUT2D eigenvalue weighted by molar-refractivity contribution is 9.10. The molecule has 0 fully saturated rings. The van der Waals surface area contributed by atoms with E-state index in [0.29, 0.717) is 0 Å². The van der Waals surface area contributed by atoms with E-state index in [4.69, 9.17) is 0 Å². The third kappa shape index (κ3) is 2.53. The summed E-state index contributed by atoms with van der Waals surface area (Å²) < 4.78 is 3.22. The van der Waals surface area contributed by atoms with Crippen LogP contribution in [0.15, 0.2) is 22.1 Å². The van der Waals surface area contributed by atoms with Gasteiger partial charge in [-0.3, -0.25) is 0 Å². The number of nitrogens with one attached hydrogen (secondary N) is 1. The van der Waals surface area contributed by atoms with Gasteiger partial charge >= 0.3 is 0 Å². The van der Waals surface area contributed by atoms with Crippen LogP contribution in [-0.4, -0.2) is 23.1 Å². The molecule has 0 radical (unpaired) electrons. The molecule has 0 atom stereocenters. The van der Waals surface area contributed by atoms with Crippen LogP contribution in [0.2, 0.25) is 0 Å². The number of nitrogens with zero attached hydrogens (tertiary/aromatic N) is 2.